The van der Waals surface area contributed by atoms with Gasteiger partial charge >= 0.3 is 12.0 Å². The van der Waals surface area contributed by atoms with Gasteiger partial charge in [0.25, 0.3) is 0 Å². The van der Waals surface area contributed by atoms with E-state index in [1.807, 2.05) is 0 Å². The van der Waals surface area contributed by atoms with Gasteiger partial charge < -0.3 is 18.3 Å². The summed E-state index contributed by atoms with van der Waals surface area (Å²) in [5.41, 5.74) is 1.08. The minimum atomic E-state index is -0.476. The van der Waals surface area contributed by atoms with Gasteiger partial charge in [-0.25, -0.2) is 4.39 Å². The number of rotatable bonds is 5. The van der Waals surface area contributed by atoms with E-state index in [1.165, 1.54) is 19.2 Å². The summed E-state index contributed by atoms with van der Waals surface area (Å²) >= 11 is 0. The Labute approximate surface area is 146 Å². The van der Waals surface area contributed by atoms with E-state index < -0.39 is 5.82 Å². The molecule has 26 heavy (non-hydrogen) atoms. The molecule has 2 heterocycles. The van der Waals surface area contributed by atoms with Gasteiger partial charge in [0, 0.05) is 5.56 Å². The second kappa shape index (κ2) is 6.36. The van der Waals surface area contributed by atoms with Crippen LogP contribution in [0.1, 0.15) is 0 Å². The SMILES string of the molecule is COc1ccc(-c2nnc(Nc3nc4c(F)cccc4o3)o2)cc1OC. The monoisotopic (exact) mass is 356 g/mol. The number of halogens is 1. The second-order valence-electron chi connectivity index (χ2n) is 5.21. The summed E-state index contributed by atoms with van der Waals surface area (Å²) < 4.78 is 35.1. The number of oxazole rings is 1. The molecule has 8 nitrogen and oxygen atoms in total. The molecule has 0 aliphatic heterocycles. The van der Waals surface area contributed by atoms with E-state index in [0.29, 0.717) is 22.6 Å². The molecule has 4 rings (SSSR count). The topological polar surface area (TPSA) is 95.4 Å². The molecule has 0 unspecified atom stereocenters. The molecule has 2 aromatic heterocycles. The lowest BCUT2D eigenvalue weighted by Crippen LogP contribution is -1.90. The summed E-state index contributed by atoms with van der Waals surface area (Å²) in [5.74, 6) is 0.904. The van der Waals surface area contributed by atoms with Crippen LogP contribution in [0.15, 0.2) is 45.2 Å². The van der Waals surface area contributed by atoms with Gasteiger partial charge in [0.1, 0.15) is 5.52 Å². The molecule has 0 bridgehead atoms. The average Bonchev–Trinajstić information content (AvgIpc) is 3.29. The second-order valence-corrected chi connectivity index (χ2v) is 5.21. The molecule has 1 N–H and O–H groups in total. The van der Waals surface area contributed by atoms with E-state index in [1.54, 1.807) is 31.4 Å². The molecule has 0 aliphatic rings. The van der Waals surface area contributed by atoms with Gasteiger partial charge in [-0.15, -0.1) is 5.10 Å². The number of ether oxygens (including phenoxy) is 2. The zero-order valence-electron chi connectivity index (χ0n) is 13.8. The van der Waals surface area contributed by atoms with Crippen molar-refractivity contribution in [2.24, 2.45) is 0 Å². The highest BCUT2D eigenvalue weighted by molar-refractivity contribution is 5.75. The van der Waals surface area contributed by atoms with Crippen LogP contribution < -0.4 is 14.8 Å². The number of nitrogens with one attached hydrogen (secondary N) is 1. The molecule has 0 saturated heterocycles. The molecule has 0 spiro atoms. The van der Waals surface area contributed by atoms with Crippen LogP contribution in [0.25, 0.3) is 22.6 Å². The van der Waals surface area contributed by atoms with E-state index in [4.69, 9.17) is 18.3 Å². The maximum absolute atomic E-state index is 13.7. The van der Waals surface area contributed by atoms with Crippen molar-refractivity contribution in [2.75, 3.05) is 19.5 Å². The van der Waals surface area contributed by atoms with Crippen LogP contribution in [0.2, 0.25) is 0 Å². The Bertz CT molecular complexity index is 1080. The molecule has 0 atom stereocenters. The summed E-state index contributed by atoms with van der Waals surface area (Å²) in [7, 11) is 3.09. The maximum Gasteiger partial charge on any atom is 0.323 e. The summed E-state index contributed by atoms with van der Waals surface area (Å²) in [6.45, 7) is 0. The summed E-state index contributed by atoms with van der Waals surface area (Å²) in [4.78, 5) is 4.02. The Morgan fingerprint density at radius 3 is 2.58 bits per heavy atom. The van der Waals surface area contributed by atoms with Crippen molar-refractivity contribution >= 4 is 23.1 Å². The average molecular weight is 356 g/mol. The van der Waals surface area contributed by atoms with Crippen LogP contribution in [0.3, 0.4) is 0 Å². The number of aromatic nitrogens is 3. The normalized spacial score (nSPS) is 10.9. The van der Waals surface area contributed by atoms with Gasteiger partial charge in [-0.05, 0) is 30.3 Å². The lowest BCUT2D eigenvalue weighted by molar-refractivity contribution is 0.355. The summed E-state index contributed by atoms with van der Waals surface area (Å²) in [5, 5.41) is 10.6. The van der Waals surface area contributed by atoms with Gasteiger partial charge in [-0.3, -0.25) is 5.32 Å². The van der Waals surface area contributed by atoms with Crippen LogP contribution in [0.4, 0.5) is 16.4 Å². The van der Waals surface area contributed by atoms with Crippen LogP contribution >= 0.6 is 0 Å². The first-order valence-electron chi connectivity index (χ1n) is 7.56. The Balaban J connectivity index is 1.60. The van der Waals surface area contributed by atoms with Crippen LogP contribution in [0.5, 0.6) is 11.5 Å². The highest BCUT2D eigenvalue weighted by Crippen LogP contribution is 2.32. The molecule has 4 aromatic rings. The Morgan fingerprint density at radius 1 is 0.962 bits per heavy atom. The van der Waals surface area contributed by atoms with Crippen molar-refractivity contribution in [1.29, 1.82) is 0 Å². The quantitative estimate of drug-likeness (QED) is 0.577. The Morgan fingerprint density at radius 2 is 1.81 bits per heavy atom. The largest absolute Gasteiger partial charge is 0.493 e. The van der Waals surface area contributed by atoms with Crippen molar-refractivity contribution in [2.45, 2.75) is 0 Å². The Hall–Kier alpha value is -3.62. The van der Waals surface area contributed by atoms with E-state index in [-0.39, 0.29) is 23.4 Å². The standard InChI is InChI=1S/C17H13FN4O4/c1-23-11-7-6-9(8-13(11)24-2)15-21-22-17(26-15)20-16-19-14-10(18)4-3-5-12(14)25-16/h3-8H,1-2H3,(H,19,20,22). The third kappa shape index (κ3) is 2.79. The minimum Gasteiger partial charge on any atom is -0.493 e. The molecule has 0 amide bonds. The minimum absolute atomic E-state index is 0.0487. The number of hydrogen-bond acceptors (Lipinski definition) is 8. The van der Waals surface area contributed by atoms with Gasteiger partial charge in [-0.2, -0.15) is 4.98 Å². The number of hydrogen-bond donors (Lipinski definition) is 1. The smallest absolute Gasteiger partial charge is 0.323 e. The van der Waals surface area contributed by atoms with E-state index in [2.05, 4.69) is 20.5 Å². The fourth-order valence-corrected chi connectivity index (χ4v) is 2.42. The van der Waals surface area contributed by atoms with E-state index >= 15 is 0 Å². The van der Waals surface area contributed by atoms with Crippen molar-refractivity contribution < 1.29 is 22.7 Å². The van der Waals surface area contributed by atoms with Crippen LogP contribution in [-0.2, 0) is 0 Å². The predicted molar refractivity (Wildman–Crippen MR) is 90.1 cm³/mol. The summed E-state index contributed by atoms with van der Waals surface area (Å²) in [6, 6.07) is 9.76. The molecule has 2 aromatic carbocycles. The number of fused-ring (bicyclic) bond motifs is 1. The van der Waals surface area contributed by atoms with Crippen molar-refractivity contribution in [1.82, 2.24) is 15.2 Å². The molecule has 9 heteroatoms. The molecular weight excluding hydrogens is 343 g/mol. The lowest BCUT2D eigenvalue weighted by atomic mass is 10.2. The van der Waals surface area contributed by atoms with E-state index in [9.17, 15) is 4.39 Å². The van der Waals surface area contributed by atoms with Crippen LogP contribution in [0, 0.1) is 5.82 Å². The third-order valence-electron chi connectivity index (χ3n) is 3.64. The zero-order valence-corrected chi connectivity index (χ0v) is 13.8. The van der Waals surface area contributed by atoms with Crippen molar-refractivity contribution in [3.8, 4) is 23.0 Å². The number of nitrogens with zero attached hydrogens (tertiary/aromatic N) is 3. The molecule has 0 fully saturated rings. The first-order chi connectivity index (χ1) is 12.7. The van der Waals surface area contributed by atoms with Gasteiger partial charge in [0.2, 0.25) is 5.89 Å². The van der Waals surface area contributed by atoms with E-state index in [0.717, 1.165) is 0 Å². The number of methoxy groups -OCH3 is 2. The van der Waals surface area contributed by atoms with Gasteiger partial charge in [0.15, 0.2) is 22.9 Å². The third-order valence-corrected chi connectivity index (χ3v) is 3.64. The highest BCUT2D eigenvalue weighted by atomic mass is 19.1. The molecular formula is C17H13FN4O4. The van der Waals surface area contributed by atoms with Crippen molar-refractivity contribution in [3.05, 3.63) is 42.2 Å². The van der Waals surface area contributed by atoms with Gasteiger partial charge in [0.05, 0.1) is 14.2 Å². The molecule has 132 valence electrons. The number of para-hydroxylation sites is 1. The molecule has 0 saturated carbocycles. The molecule has 0 radical (unpaired) electrons. The lowest BCUT2D eigenvalue weighted by Gasteiger charge is -2.07. The number of benzene rings is 2. The highest BCUT2D eigenvalue weighted by Gasteiger charge is 2.15. The Kier molecular flexibility index (Phi) is 3.88. The molecule has 0 aliphatic carbocycles. The van der Waals surface area contributed by atoms with Crippen molar-refractivity contribution in [3.63, 3.8) is 0 Å². The fourth-order valence-electron chi connectivity index (χ4n) is 2.42. The maximum atomic E-state index is 13.7. The predicted octanol–water partition coefficient (Wildman–Crippen LogP) is 3.78. The number of anilines is 2. The first-order valence-corrected chi connectivity index (χ1v) is 7.56. The first kappa shape index (κ1) is 15.9. The van der Waals surface area contributed by atoms with Crippen LogP contribution in [-0.4, -0.2) is 29.4 Å². The summed E-state index contributed by atoms with van der Waals surface area (Å²) in [6.07, 6.45) is 0. The zero-order chi connectivity index (χ0) is 18.1. The van der Waals surface area contributed by atoms with Gasteiger partial charge in [-0.1, -0.05) is 11.2 Å². The fraction of sp³-hybridized carbons (Fsp3) is 0.118.